The van der Waals surface area contributed by atoms with E-state index in [1.165, 1.54) is 7.11 Å². The zero-order chi connectivity index (χ0) is 38.7. The van der Waals surface area contributed by atoms with E-state index in [0.717, 1.165) is 45.9 Å². The highest BCUT2D eigenvalue weighted by Crippen LogP contribution is 2.38. The molecule has 2 aromatic heterocycles. The Labute approximate surface area is 317 Å². The Hall–Kier alpha value is -5.17. The number of hydrogen-bond donors (Lipinski definition) is 3. The first-order valence-electron chi connectivity index (χ1n) is 18.7. The molecule has 4 aromatic rings. The third-order valence-corrected chi connectivity index (χ3v) is 10.2. The molecule has 5 atom stereocenters. The minimum Gasteiger partial charge on any atom is -0.453 e. The van der Waals surface area contributed by atoms with Crippen LogP contribution in [0.25, 0.3) is 33.6 Å². The minimum absolute atomic E-state index is 0.134. The predicted octanol–water partition coefficient (Wildman–Crippen LogP) is 7.37. The second-order valence-corrected chi connectivity index (χ2v) is 15.9. The van der Waals surface area contributed by atoms with Crippen LogP contribution in [0.4, 0.5) is 9.59 Å². The molecule has 2 aliphatic rings. The number of H-pyrrole nitrogens is 2. The number of aromatic nitrogens is 4. The Bertz CT molecular complexity index is 1910. The van der Waals surface area contributed by atoms with E-state index in [1.807, 2.05) is 40.8 Å². The number of amides is 3. The molecule has 13 heteroatoms. The molecule has 0 radical (unpaired) electrons. The number of rotatable bonds is 10. The quantitative estimate of drug-likeness (QED) is 0.152. The number of likely N-dealkylation sites (tertiary alicyclic amines) is 2. The normalized spacial score (nSPS) is 20.7. The van der Waals surface area contributed by atoms with Gasteiger partial charge in [0.15, 0.2) is 0 Å². The molecule has 0 bridgehead atoms. The van der Waals surface area contributed by atoms with Crippen molar-refractivity contribution in [2.24, 2.45) is 17.8 Å². The highest BCUT2D eigenvalue weighted by Gasteiger charge is 2.42. The second-order valence-electron chi connectivity index (χ2n) is 15.9. The number of ether oxygens (including phenoxy) is 3. The summed E-state index contributed by atoms with van der Waals surface area (Å²) in [7, 11) is 2.95. The van der Waals surface area contributed by atoms with Gasteiger partial charge in [0.05, 0.1) is 49.6 Å². The molecular weight excluding hydrogens is 686 g/mol. The number of methoxy groups -OCH3 is 2. The number of imidazole rings is 2. The molecule has 13 nitrogen and oxygen atoms in total. The fourth-order valence-electron chi connectivity index (χ4n) is 7.48. The average molecular weight is 740 g/mol. The van der Waals surface area contributed by atoms with Crippen LogP contribution in [0, 0.1) is 17.8 Å². The van der Waals surface area contributed by atoms with Gasteiger partial charge in [-0.25, -0.2) is 19.6 Å². The van der Waals surface area contributed by atoms with Crippen LogP contribution in [-0.4, -0.2) is 93.4 Å². The van der Waals surface area contributed by atoms with Gasteiger partial charge < -0.3 is 34.4 Å². The predicted molar refractivity (Wildman–Crippen MR) is 205 cm³/mol. The third-order valence-electron chi connectivity index (χ3n) is 10.2. The monoisotopic (exact) mass is 739 g/mol. The number of nitrogens with zero attached hydrogens (tertiary/aromatic N) is 4. The smallest absolute Gasteiger partial charge is 0.410 e. The molecule has 2 saturated heterocycles. The summed E-state index contributed by atoms with van der Waals surface area (Å²) >= 11 is 0. The summed E-state index contributed by atoms with van der Waals surface area (Å²) in [6.45, 7) is 13.2. The van der Waals surface area contributed by atoms with Gasteiger partial charge in [0.1, 0.15) is 23.3 Å². The molecule has 0 unspecified atom stereocenters. The minimum atomic E-state index is -0.730. The molecule has 0 aliphatic carbocycles. The van der Waals surface area contributed by atoms with Crippen molar-refractivity contribution in [3.05, 3.63) is 72.6 Å². The molecule has 288 valence electrons. The average Bonchev–Trinajstić information content (AvgIpc) is 3.96. The topological polar surface area (TPSA) is 155 Å². The lowest BCUT2D eigenvalue weighted by Gasteiger charge is -2.30. The van der Waals surface area contributed by atoms with E-state index in [9.17, 15) is 14.4 Å². The third kappa shape index (κ3) is 8.62. The number of carbonyl (C=O) groups excluding carboxylic acids is 3. The van der Waals surface area contributed by atoms with Crippen molar-refractivity contribution in [3.8, 4) is 33.6 Å². The molecule has 6 rings (SSSR count). The van der Waals surface area contributed by atoms with Crippen LogP contribution in [0.15, 0.2) is 60.9 Å². The molecule has 0 spiro atoms. The van der Waals surface area contributed by atoms with Gasteiger partial charge in [-0.05, 0) is 67.7 Å². The maximum Gasteiger partial charge on any atom is 0.410 e. The Morgan fingerprint density at radius 3 is 1.81 bits per heavy atom. The standard InChI is InChI=1S/C41H53N7O6/c1-24(2)35(46-39(50)53-8)38(49)47-22-26(23-52-7)18-34(47)37-43-20-32(45-37)30-15-11-28(12-16-30)27-9-13-29(14-10-27)31-19-42-36(44-31)33-17-25(3)21-48(33)40(51)54-41(4,5)6/h9-16,19-20,24-26,33-35H,17-18,21-23H2,1-8H3,(H,42,44)(H,43,45)(H,46,50)/t25-,26-,33-,34-,35-/m0/s1. The summed E-state index contributed by atoms with van der Waals surface area (Å²) in [5.41, 5.74) is 5.28. The zero-order valence-electron chi connectivity index (χ0n) is 32.5. The molecular formula is C41H53N7O6. The van der Waals surface area contributed by atoms with E-state index in [4.69, 9.17) is 19.2 Å². The first kappa shape index (κ1) is 38.6. The Kier molecular flexibility index (Phi) is 11.5. The SMILES string of the molecule is COC[C@H]1C[C@@H](c2ncc(-c3ccc(-c4ccc(-c5cnc([C@@H]6C[C@H](C)CN6C(=O)OC(C)(C)C)[nH]5)cc4)cc3)[nH]2)N(C(=O)[C@@H](NC(=O)OC)C(C)C)C1. The van der Waals surface area contributed by atoms with Crippen molar-refractivity contribution in [2.45, 2.75) is 78.1 Å². The van der Waals surface area contributed by atoms with E-state index in [1.54, 1.807) is 23.1 Å². The molecule has 2 aliphatic heterocycles. The van der Waals surface area contributed by atoms with E-state index >= 15 is 0 Å². The van der Waals surface area contributed by atoms with Crippen LogP contribution in [0.1, 0.15) is 78.1 Å². The van der Waals surface area contributed by atoms with Crippen LogP contribution in [0.3, 0.4) is 0 Å². The van der Waals surface area contributed by atoms with Gasteiger partial charge in [0.25, 0.3) is 0 Å². The number of hydrogen-bond acceptors (Lipinski definition) is 8. The van der Waals surface area contributed by atoms with Crippen LogP contribution in [-0.2, 0) is 19.0 Å². The second kappa shape index (κ2) is 16.1. The van der Waals surface area contributed by atoms with Gasteiger partial charge >= 0.3 is 12.2 Å². The van der Waals surface area contributed by atoms with Crippen molar-refractivity contribution in [3.63, 3.8) is 0 Å². The lowest BCUT2D eigenvalue weighted by atomic mass is 10.0. The number of carbonyl (C=O) groups is 3. The van der Waals surface area contributed by atoms with E-state index in [-0.39, 0.29) is 35.9 Å². The molecule has 54 heavy (non-hydrogen) atoms. The van der Waals surface area contributed by atoms with Gasteiger partial charge in [-0.1, -0.05) is 69.3 Å². The summed E-state index contributed by atoms with van der Waals surface area (Å²) in [4.78, 5) is 58.8. The highest BCUT2D eigenvalue weighted by molar-refractivity contribution is 5.86. The fourth-order valence-corrected chi connectivity index (χ4v) is 7.48. The van der Waals surface area contributed by atoms with Crippen LogP contribution < -0.4 is 5.32 Å². The van der Waals surface area contributed by atoms with Crippen LogP contribution in [0.2, 0.25) is 0 Å². The number of alkyl carbamates (subject to hydrolysis) is 1. The Morgan fingerprint density at radius 2 is 1.33 bits per heavy atom. The zero-order valence-corrected chi connectivity index (χ0v) is 32.5. The van der Waals surface area contributed by atoms with Crippen LogP contribution in [0.5, 0.6) is 0 Å². The molecule has 3 amide bonds. The van der Waals surface area contributed by atoms with Gasteiger partial charge in [-0.3, -0.25) is 9.69 Å². The van der Waals surface area contributed by atoms with Gasteiger partial charge in [0.2, 0.25) is 5.91 Å². The van der Waals surface area contributed by atoms with Crippen molar-refractivity contribution in [1.29, 1.82) is 0 Å². The lowest BCUT2D eigenvalue weighted by molar-refractivity contribution is -0.135. The maximum absolute atomic E-state index is 13.8. The molecule has 0 saturated carbocycles. The molecule has 4 heterocycles. The van der Waals surface area contributed by atoms with Crippen molar-refractivity contribution in [2.75, 3.05) is 33.9 Å². The van der Waals surface area contributed by atoms with Gasteiger partial charge in [-0.2, -0.15) is 0 Å². The first-order chi connectivity index (χ1) is 25.7. The van der Waals surface area contributed by atoms with E-state index < -0.39 is 17.7 Å². The first-order valence-corrected chi connectivity index (χ1v) is 18.7. The van der Waals surface area contributed by atoms with Gasteiger partial charge in [-0.15, -0.1) is 0 Å². The summed E-state index contributed by atoms with van der Waals surface area (Å²) in [5.74, 6) is 1.63. The lowest BCUT2D eigenvalue weighted by Crippen LogP contribution is -2.51. The van der Waals surface area contributed by atoms with Crippen molar-refractivity contribution < 1.29 is 28.6 Å². The number of benzene rings is 2. The highest BCUT2D eigenvalue weighted by atomic mass is 16.6. The van der Waals surface area contributed by atoms with Crippen LogP contribution >= 0.6 is 0 Å². The van der Waals surface area contributed by atoms with Crippen molar-refractivity contribution in [1.82, 2.24) is 35.1 Å². The fraction of sp³-hybridized carbons (Fsp3) is 0.488. The summed E-state index contributed by atoms with van der Waals surface area (Å²) in [5, 5.41) is 2.71. The van der Waals surface area contributed by atoms with E-state index in [0.29, 0.717) is 37.9 Å². The summed E-state index contributed by atoms with van der Waals surface area (Å²) < 4.78 is 15.9. The van der Waals surface area contributed by atoms with E-state index in [2.05, 4.69) is 75.7 Å². The molecule has 2 fully saturated rings. The Morgan fingerprint density at radius 1 is 0.815 bits per heavy atom. The number of aromatic amines is 2. The Balaban J connectivity index is 1.14. The summed E-state index contributed by atoms with van der Waals surface area (Å²) in [6.07, 6.45) is 4.19. The largest absolute Gasteiger partial charge is 0.453 e. The van der Waals surface area contributed by atoms with Gasteiger partial charge in [0, 0.05) is 26.1 Å². The molecule has 3 N–H and O–H groups in total. The molecule has 2 aromatic carbocycles. The maximum atomic E-state index is 13.8. The van der Waals surface area contributed by atoms with Crippen molar-refractivity contribution >= 4 is 18.1 Å². The summed E-state index contributed by atoms with van der Waals surface area (Å²) in [6, 6.07) is 15.4. The number of nitrogens with one attached hydrogen (secondary N) is 3.